The number of nitrogens with one attached hydrogen (secondary N) is 1. The molecule has 1 atom stereocenters. The topological polar surface area (TPSA) is 97.5 Å². The molecule has 0 spiro atoms. The molecule has 8 heteroatoms. The van der Waals surface area contributed by atoms with E-state index in [-0.39, 0.29) is 0 Å². The number of benzene rings is 1. The van der Waals surface area contributed by atoms with E-state index in [1.807, 2.05) is 18.2 Å². The van der Waals surface area contributed by atoms with Gasteiger partial charge in [0, 0.05) is 15.9 Å². The molecule has 1 aromatic carbocycles. The molecule has 2 rings (SSSR count). The second-order valence-electron chi connectivity index (χ2n) is 3.86. The molecule has 106 valence electrons. The summed E-state index contributed by atoms with van der Waals surface area (Å²) in [4.78, 5) is 15.0. The summed E-state index contributed by atoms with van der Waals surface area (Å²) >= 11 is 4.70. The maximum Gasteiger partial charge on any atom is 0.326 e. The van der Waals surface area contributed by atoms with E-state index in [0.717, 1.165) is 10.2 Å². The van der Waals surface area contributed by atoms with Crippen molar-refractivity contribution in [2.75, 3.05) is 12.4 Å². The van der Waals surface area contributed by atoms with Crippen LogP contribution in [0.5, 0.6) is 5.75 Å². The van der Waals surface area contributed by atoms with Crippen LogP contribution >= 0.6 is 27.3 Å². The second-order valence-corrected chi connectivity index (χ2v) is 5.58. The SMILES string of the molecule is COc1ccc(Br)c(Nc2nc(C(N)C(=O)O)cs2)c1. The van der Waals surface area contributed by atoms with Crippen molar-refractivity contribution in [2.24, 2.45) is 5.73 Å². The second kappa shape index (κ2) is 6.21. The van der Waals surface area contributed by atoms with Gasteiger partial charge in [0.25, 0.3) is 0 Å². The van der Waals surface area contributed by atoms with Crippen LogP contribution in [-0.2, 0) is 4.79 Å². The van der Waals surface area contributed by atoms with Crippen molar-refractivity contribution < 1.29 is 14.6 Å². The van der Waals surface area contributed by atoms with Crippen molar-refractivity contribution in [3.05, 3.63) is 33.7 Å². The number of aliphatic carboxylic acids is 1. The van der Waals surface area contributed by atoms with Gasteiger partial charge in [-0.15, -0.1) is 11.3 Å². The number of thiazole rings is 1. The van der Waals surface area contributed by atoms with Crippen molar-refractivity contribution in [2.45, 2.75) is 6.04 Å². The van der Waals surface area contributed by atoms with E-state index >= 15 is 0 Å². The van der Waals surface area contributed by atoms with E-state index in [9.17, 15) is 4.79 Å². The van der Waals surface area contributed by atoms with Crippen LogP contribution in [0.2, 0.25) is 0 Å². The molecule has 0 bridgehead atoms. The zero-order valence-electron chi connectivity index (χ0n) is 10.5. The van der Waals surface area contributed by atoms with Crippen molar-refractivity contribution in [3.8, 4) is 5.75 Å². The number of nitrogens with two attached hydrogens (primary N) is 1. The lowest BCUT2D eigenvalue weighted by Gasteiger charge is -2.08. The highest BCUT2D eigenvalue weighted by atomic mass is 79.9. The van der Waals surface area contributed by atoms with E-state index in [1.165, 1.54) is 11.3 Å². The highest BCUT2D eigenvalue weighted by Gasteiger charge is 2.18. The maximum atomic E-state index is 10.8. The van der Waals surface area contributed by atoms with Crippen LogP contribution in [0.25, 0.3) is 0 Å². The number of aromatic nitrogens is 1. The van der Waals surface area contributed by atoms with E-state index in [0.29, 0.717) is 16.6 Å². The number of nitrogens with zero attached hydrogens (tertiary/aromatic N) is 1. The van der Waals surface area contributed by atoms with Crippen molar-refractivity contribution in [1.29, 1.82) is 0 Å². The highest BCUT2D eigenvalue weighted by Crippen LogP contribution is 2.31. The fraction of sp³-hybridized carbons (Fsp3) is 0.167. The molecule has 1 heterocycles. The average Bonchev–Trinajstić information content (AvgIpc) is 2.88. The lowest BCUT2D eigenvalue weighted by atomic mass is 10.2. The van der Waals surface area contributed by atoms with Gasteiger partial charge in [-0.3, -0.25) is 4.79 Å². The number of carboxylic acid groups (broad SMARTS) is 1. The first-order valence-corrected chi connectivity index (χ1v) is 7.23. The molecular weight excluding hydrogens is 346 g/mol. The predicted molar refractivity (Wildman–Crippen MR) is 80.7 cm³/mol. The Morgan fingerprint density at radius 3 is 3.00 bits per heavy atom. The molecule has 0 radical (unpaired) electrons. The molecule has 0 fully saturated rings. The third kappa shape index (κ3) is 3.27. The van der Waals surface area contributed by atoms with E-state index < -0.39 is 12.0 Å². The number of carboxylic acids is 1. The quantitative estimate of drug-likeness (QED) is 0.760. The number of rotatable bonds is 5. The summed E-state index contributed by atoms with van der Waals surface area (Å²) in [6.07, 6.45) is 0. The Balaban J connectivity index is 2.20. The molecule has 0 amide bonds. The molecule has 0 saturated carbocycles. The Labute approximate surface area is 127 Å². The third-order valence-corrected chi connectivity index (χ3v) is 3.99. The van der Waals surface area contributed by atoms with Crippen LogP contribution in [0, 0.1) is 0 Å². The Kier molecular flexibility index (Phi) is 4.58. The van der Waals surface area contributed by atoms with Crippen LogP contribution in [0.3, 0.4) is 0 Å². The smallest absolute Gasteiger partial charge is 0.326 e. The van der Waals surface area contributed by atoms with Crippen LogP contribution in [-0.4, -0.2) is 23.2 Å². The molecule has 0 saturated heterocycles. The summed E-state index contributed by atoms with van der Waals surface area (Å²) in [5.74, 6) is -0.404. The molecule has 1 unspecified atom stereocenters. The van der Waals surface area contributed by atoms with Crippen LogP contribution < -0.4 is 15.8 Å². The first-order valence-electron chi connectivity index (χ1n) is 5.55. The Morgan fingerprint density at radius 2 is 2.35 bits per heavy atom. The first-order chi connectivity index (χ1) is 9.51. The fourth-order valence-electron chi connectivity index (χ4n) is 1.46. The predicted octanol–water partition coefficient (Wildman–Crippen LogP) is 2.74. The normalized spacial score (nSPS) is 11.9. The monoisotopic (exact) mass is 357 g/mol. The minimum atomic E-state index is -1.12. The van der Waals surface area contributed by atoms with Crippen molar-refractivity contribution in [3.63, 3.8) is 0 Å². The fourth-order valence-corrected chi connectivity index (χ4v) is 2.56. The minimum absolute atomic E-state index is 0.323. The van der Waals surface area contributed by atoms with Crippen LogP contribution in [0.1, 0.15) is 11.7 Å². The van der Waals surface area contributed by atoms with Gasteiger partial charge in [-0.1, -0.05) is 0 Å². The molecule has 6 nitrogen and oxygen atoms in total. The lowest BCUT2D eigenvalue weighted by Crippen LogP contribution is -2.20. The van der Waals surface area contributed by atoms with Gasteiger partial charge in [-0.2, -0.15) is 0 Å². The van der Waals surface area contributed by atoms with Crippen LogP contribution in [0.4, 0.5) is 10.8 Å². The summed E-state index contributed by atoms with van der Waals surface area (Å²) < 4.78 is 5.99. The summed E-state index contributed by atoms with van der Waals surface area (Å²) in [7, 11) is 1.58. The standard InChI is InChI=1S/C12H12BrN3O3S/c1-19-6-2-3-7(13)8(4-6)15-12-16-9(5-20-12)10(14)11(17)18/h2-5,10H,14H2,1H3,(H,15,16)(H,17,18). The Morgan fingerprint density at radius 1 is 1.60 bits per heavy atom. The number of ether oxygens (including phenoxy) is 1. The van der Waals surface area contributed by atoms with Gasteiger partial charge in [0.2, 0.25) is 0 Å². The Bertz CT molecular complexity index is 632. The zero-order valence-corrected chi connectivity index (χ0v) is 12.9. The summed E-state index contributed by atoms with van der Waals surface area (Å²) in [6, 6.07) is 4.36. The largest absolute Gasteiger partial charge is 0.497 e. The summed E-state index contributed by atoms with van der Waals surface area (Å²) in [6.45, 7) is 0. The van der Waals surface area contributed by atoms with Crippen molar-refractivity contribution in [1.82, 2.24) is 4.98 Å². The average molecular weight is 358 g/mol. The number of hydrogen-bond donors (Lipinski definition) is 3. The van der Waals surface area contributed by atoms with E-state index in [2.05, 4.69) is 26.2 Å². The number of methoxy groups -OCH3 is 1. The Hall–Kier alpha value is -1.64. The van der Waals surface area contributed by atoms with Gasteiger partial charge >= 0.3 is 5.97 Å². The van der Waals surface area contributed by atoms with E-state index in [4.69, 9.17) is 15.6 Å². The number of anilines is 2. The zero-order chi connectivity index (χ0) is 14.7. The molecule has 0 aliphatic carbocycles. The van der Waals surface area contributed by atoms with Gasteiger partial charge in [0.15, 0.2) is 5.13 Å². The molecule has 20 heavy (non-hydrogen) atoms. The summed E-state index contributed by atoms with van der Waals surface area (Å²) in [5, 5.41) is 14.1. The van der Waals surface area contributed by atoms with Gasteiger partial charge in [0.1, 0.15) is 11.8 Å². The maximum absolute atomic E-state index is 10.8. The summed E-state index contributed by atoms with van der Waals surface area (Å²) in [5.41, 5.74) is 6.60. The minimum Gasteiger partial charge on any atom is -0.497 e. The molecule has 2 aromatic rings. The number of carbonyl (C=O) groups is 1. The van der Waals surface area contributed by atoms with E-state index in [1.54, 1.807) is 12.5 Å². The molecule has 0 aliphatic heterocycles. The van der Waals surface area contributed by atoms with Gasteiger partial charge < -0.3 is 20.9 Å². The first kappa shape index (κ1) is 14.8. The number of hydrogen-bond acceptors (Lipinski definition) is 6. The molecule has 0 aliphatic rings. The third-order valence-electron chi connectivity index (χ3n) is 2.52. The molecule has 1 aromatic heterocycles. The number of halogens is 1. The highest BCUT2D eigenvalue weighted by molar-refractivity contribution is 9.10. The van der Waals surface area contributed by atoms with Crippen molar-refractivity contribution >= 4 is 44.1 Å². The van der Waals surface area contributed by atoms with Gasteiger partial charge in [0.05, 0.1) is 18.5 Å². The van der Waals surface area contributed by atoms with Gasteiger partial charge in [-0.25, -0.2) is 4.98 Å². The van der Waals surface area contributed by atoms with Gasteiger partial charge in [-0.05, 0) is 28.1 Å². The molecule has 4 N–H and O–H groups in total. The van der Waals surface area contributed by atoms with Crippen LogP contribution in [0.15, 0.2) is 28.1 Å². The molecular formula is C12H12BrN3O3S. The lowest BCUT2D eigenvalue weighted by molar-refractivity contribution is -0.138.